The zero-order valence-corrected chi connectivity index (χ0v) is 15.3. The fourth-order valence-corrected chi connectivity index (χ4v) is 3.58. The van der Waals surface area contributed by atoms with Gasteiger partial charge < -0.3 is 15.5 Å². The van der Waals surface area contributed by atoms with Crippen molar-refractivity contribution in [3.63, 3.8) is 0 Å². The molecule has 136 valence electrons. The second-order valence-corrected chi connectivity index (χ2v) is 7.45. The Kier molecular flexibility index (Phi) is 5.74. The van der Waals surface area contributed by atoms with E-state index in [4.69, 9.17) is 0 Å². The van der Waals surface area contributed by atoms with E-state index in [0.717, 1.165) is 25.9 Å². The van der Waals surface area contributed by atoms with Gasteiger partial charge >= 0.3 is 0 Å². The molecule has 1 aromatic rings. The van der Waals surface area contributed by atoms with Crippen molar-refractivity contribution in [2.45, 2.75) is 51.6 Å². The number of hydrogen-bond acceptors (Lipinski definition) is 3. The predicted molar refractivity (Wildman–Crippen MR) is 98.1 cm³/mol. The SMILES string of the molecule is CC(=O)N1CCC(NC(=O)CN[C@@H](c2ccc(C)cc2)C2CC2)CC1. The van der Waals surface area contributed by atoms with Gasteiger partial charge in [0, 0.05) is 32.1 Å². The molecular weight excluding hydrogens is 314 g/mol. The number of benzene rings is 1. The zero-order chi connectivity index (χ0) is 17.8. The number of nitrogens with zero attached hydrogens (tertiary/aromatic N) is 1. The van der Waals surface area contributed by atoms with Crippen molar-refractivity contribution in [2.24, 2.45) is 5.92 Å². The first-order chi connectivity index (χ1) is 12.0. The molecule has 0 unspecified atom stereocenters. The van der Waals surface area contributed by atoms with Gasteiger partial charge in [-0.2, -0.15) is 0 Å². The highest BCUT2D eigenvalue weighted by Crippen LogP contribution is 2.40. The average Bonchev–Trinajstić information content (AvgIpc) is 3.42. The van der Waals surface area contributed by atoms with Crippen LogP contribution in [0.3, 0.4) is 0 Å². The number of carbonyl (C=O) groups excluding carboxylic acids is 2. The highest BCUT2D eigenvalue weighted by atomic mass is 16.2. The van der Waals surface area contributed by atoms with Crippen molar-refractivity contribution in [1.82, 2.24) is 15.5 Å². The quantitative estimate of drug-likeness (QED) is 0.832. The summed E-state index contributed by atoms with van der Waals surface area (Å²) in [6.07, 6.45) is 4.15. The Labute approximate surface area is 150 Å². The van der Waals surface area contributed by atoms with Crippen LogP contribution in [0, 0.1) is 12.8 Å². The van der Waals surface area contributed by atoms with Gasteiger partial charge in [0.15, 0.2) is 0 Å². The number of amides is 2. The van der Waals surface area contributed by atoms with Crippen molar-refractivity contribution in [1.29, 1.82) is 0 Å². The maximum absolute atomic E-state index is 12.3. The largest absolute Gasteiger partial charge is 0.352 e. The summed E-state index contributed by atoms with van der Waals surface area (Å²) >= 11 is 0. The average molecular weight is 343 g/mol. The highest BCUT2D eigenvalue weighted by Gasteiger charge is 2.32. The van der Waals surface area contributed by atoms with Gasteiger partial charge in [-0.1, -0.05) is 29.8 Å². The van der Waals surface area contributed by atoms with E-state index in [0.29, 0.717) is 12.5 Å². The van der Waals surface area contributed by atoms with Crippen LogP contribution in [-0.2, 0) is 9.59 Å². The van der Waals surface area contributed by atoms with E-state index in [1.54, 1.807) is 6.92 Å². The molecule has 2 aliphatic rings. The lowest BCUT2D eigenvalue weighted by Crippen LogP contribution is -2.48. The maximum Gasteiger partial charge on any atom is 0.234 e. The second kappa shape index (κ2) is 8.00. The summed E-state index contributed by atoms with van der Waals surface area (Å²) in [7, 11) is 0. The molecule has 5 heteroatoms. The minimum absolute atomic E-state index is 0.0547. The molecule has 1 saturated heterocycles. The molecule has 0 spiro atoms. The molecular formula is C20H29N3O2. The van der Waals surface area contributed by atoms with E-state index in [1.807, 2.05) is 4.90 Å². The number of carbonyl (C=O) groups is 2. The van der Waals surface area contributed by atoms with Crippen LogP contribution in [0.1, 0.15) is 49.8 Å². The van der Waals surface area contributed by atoms with Gasteiger partial charge in [0.25, 0.3) is 0 Å². The summed E-state index contributed by atoms with van der Waals surface area (Å²) in [5.41, 5.74) is 2.53. The molecule has 2 amide bonds. The first-order valence-electron chi connectivity index (χ1n) is 9.38. The van der Waals surface area contributed by atoms with E-state index >= 15 is 0 Å². The molecule has 2 N–H and O–H groups in total. The summed E-state index contributed by atoms with van der Waals surface area (Å²) in [6, 6.07) is 9.06. The monoisotopic (exact) mass is 343 g/mol. The van der Waals surface area contributed by atoms with E-state index in [1.165, 1.54) is 24.0 Å². The normalized spacial score (nSPS) is 19.5. The molecule has 1 aromatic carbocycles. The minimum atomic E-state index is 0.0547. The van der Waals surface area contributed by atoms with Gasteiger partial charge in [0.2, 0.25) is 11.8 Å². The minimum Gasteiger partial charge on any atom is -0.352 e. The molecule has 3 rings (SSSR count). The Bertz CT molecular complexity index is 602. The van der Waals surface area contributed by atoms with E-state index in [9.17, 15) is 9.59 Å². The van der Waals surface area contributed by atoms with Crippen LogP contribution in [0.15, 0.2) is 24.3 Å². The van der Waals surface area contributed by atoms with E-state index in [-0.39, 0.29) is 23.9 Å². The van der Waals surface area contributed by atoms with Crippen LogP contribution in [0.5, 0.6) is 0 Å². The van der Waals surface area contributed by atoms with Crippen LogP contribution in [0.4, 0.5) is 0 Å². The van der Waals surface area contributed by atoms with Crippen LogP contribution >= 0.6 is 0 Å². The van der Waals surface area contributed by atoms with Gasteiger partial charge in [-0.15, -0.1) is 0 Å². The smallest absolute Gasteiger partial charge is 0.234 e. The lowest BCUT2D eigenvalue weighted by molar-refractivity contribution is -0.130. The Morgan fingerprint density at radius 3 is 2.32 bits per heavy atom. The van der Waals surface area contributed by atoms with Crippen LogP contribution in [-0.4, -0.2) is 42.4 Å². The molecule has 5 nitrogen and oxygen atoms in total. The molecule has 1 atom stereocenters. The molecule has 2 fully saturated rings. The van der Waals surface area contributed by atoms with Gasteiger partial charge in [-0.25, -0.2) is 0 Å². The van der Waals surface area contributed by atoms with Gasteiger partial charge in [-0.3, -0.25) is 9.59 Å². The number of likely N-dealkylation sites (tertiary alicyclic amines) is 1. The van der Waals surface area contributed by atoms with Crippen molar-refractivity contribution in [2.75, 3.05) is 19.6 Å². The Hall–Kier alpha value is -1.88. The molecule has 0 radical (unpaired) electrons. The van der Waals surface area contributed by atoms with Gasteiger partial charge in [-0.05, 0) is 44.1 Å². The molecule has 1 heterocycles. The Morgan fingerprint density at radius 2 is 1.76 bits per heavy atom. The summed E-state index contributed by atoms with van der Waals surface area (Å²) in [5, 5.41) is 6.57. The number of rotatable bonds is 6. The summed E-state index contributed by atoms with van der Waals surface area (Å²) in [6.45, 7) is 5.52. The molecule has 1 saturated carbocycles. The first kappa shape index (κ1) is 17.9. The third-order valence-corrected chi connectivity index (χ3v) is 5.32. The van der Waals surface area contributed by atoms with Crippen molar-refractivity contribution < 1.29 is 9.59 Å². The lowest BCUT2D eigenvalue weighted by atomic mass is 10.0. The molecule has 25 heavy (non-hydrogen) atoms. The number of nitrogens with one attached hydrogen (secondary N) is 2. The van der Waals surface area contributed by atoms with Crippen LogP contribution in [0.25, 0.3) is 0 Å². The molecule has 0 aromatic heterocycles. The Balaban J connectivity index is 1.46. The van der Waals surface area contributed by atoms with Crippen LogP contribution < -0.4 is 10.6 Å². The van der Waals surface area contributed by atoms with Crippen LogP contribution in [0.2, 0.25) is 0 Å². The van der Waals surface area contributed by atoms with Crippen molar-refractivity contribution in [3.8, 4) is 0 Å². The number of hydrogen-bond donors (Lipinski definition) is 2. The lowest BCUT2D eigenvalue weighted by Gasteiger charge is -2.31. The van der Waals surface area contributed by atoms with Gasteiger partial charge in [0.1, 0.15) is 0 Å². The summed E-state index contributed by atoms with van der Waals surface area (Å²) < 4.78 is 0. The molecule has 1 aliphatic heterocycles. The van der Waals surface area contributed by atoms with E-state index < -0.39 is 0 Å². The highest BCUT2D eigenvalue weighted by molar-refractivity contribution is 5.78. The standard InChI is InChI=1S/C20H29N3O2/c1-14-3-5-16(6-4-14)20(17-7-8-17)21-13-19(25)22-18-9-11-23(12-10-18)15(2)24/h3-6,17-18,20-21H,7-13H2,1-2H3,(H,22,25)/t20-/m0/s1. The fraction of sp³-hybridized carbons (Fsp3) is 0.600. The summed E-state index contributed by atoms with van der Waals surface area (Å²) in [5.74, 6) is 0.824. The van der Waals surface area contributed by atoms with Crippen molar-refractivity contribution in [3.05, 3.63) is 35.4 Å². The second-order valence-electron chi connectivity index (χ2n) is 7.45. The summed E-state index contributed by atoms with van der Waals surface area (Å²) in [4.78, 5) is 25.5. The molecule has 0 bridgehead atoms. The maximum atomic E-state index is 12.3. The number of aryl methyl sites for hydroxylation is 1. The van der Waals surface area contributed by atoms with E-state index in [2.05, 4.69) is 41.8 Å². The van der Waals surface area contributed by atoms with Crippen molar-refractivity contribution >= 4 is 11.8 Å². The number of piperidine rings is 1. The zero-order valence-electron chi connectivity index (χ0n) is 15.3. The Morgan fingerprint density at radius 1 is 1.12 bits per heavy atom. The third kappa shape index (κ3) is 5.05. The fourth-order valence-electron chi connectivity index (χ4n) is 3.58. The first-order valence-corrected chi connectivity index (χ1v) is 9.38. The third-order valence-electron chi connectivity index (χ3n) is 5.32. The topological polar surface area (TPSA) is 61.4 Å². The van der Waals surface area contributed by atoms with Gasteiger partial charge in [0.05, 0.1) is 6.54 Å². The predicted octanol–water partition coefficient (Wildman–Crippen LogP) is 2.16. The molecule has 1 aliphatic carbocycles.